The molecule has 0 aliphatic heterocycles. The van der Waals surface area contributed by atoms with E-state index in [-0.39, 0.29) is 4.47 Å². The molecule has 1 amide bonds. The van der Waals surface area contributed by atoms with E-state index in [1.165, 1.54) is 0 Å². The molecule has 0 atom stereocenters. The van der Waals surface area contributed by atoms with Crippen LogP contribution in [-0.2, 0) is 0 Å². The number of amides is 1. The average molecular weight is 347 g/mol. The number of hydrogen-bond donors (Lipinski definition) is 2. The van der Waals surface area contributed by atoms with E-state index in [9.17, 15) is 18.4 Å². The molecular weight excluding hydrogens is 342 g/mol. The van der Waals surface area contributed by atoms with Crippen molar-refractivity contribution in [1.82, 2.24) is 5.16 Å². The number of hydrogen-bond acceptors (Lipinski definition) is 4. The van der Waals surface area contributed by atoms with Crippen molar-refractivity contribution in [3.05, 3.63) is 45.8 Å². The monoisotopic (exact) mass is 346 g/mol. The Labute approximate surface area is 118 Å². The Kier molecular flexibility index (Phi) is 3.79. The number of nitrogens with one attached hydrogen (secondary N) is 1. The van der Waals surface area contributed by atoms with Gasteiger partial charge in [0.25, 0.3) is 5.91 Å². The van der Waals surface area contributed by atoms with Crippen LogP contribution in [0.3, 0.4) is 0 Å². The van der Waals surface area contributed by atoms with E-state index in [4.69, 9.17) is 5.11 Å². The molecule has 0 aliphatic rings. The van der Waals surface area contributed by atoms with Crippen molar-refractivity contribution in [2.24, 2.45) is 0 Å². The van der Waals surface area contributed by atoms with Gasteiger partial charge in [-0.15, -0.1) is 0 Å². The third kappa shape index (κ3) is 2.82. The molecule has 0 radical (unpaired) electrons. The van der Waals surface area contributed by atoms with Crippen LogP contribution in [0.1, 0.15) is 21.0 Å². The summed E-state index contributed by atoms with van der Waals surface area (Å²) in [5, 5.41) is 13.7. The summed E-state index contributed by atoms with van der Waals surface area (Å²) in [6, 6.07) is 2.76. The molecule has 6 nitrogen and oxygen atoms in total. The molecule has 2 N–H and O–H groups in total. The standard InChI is InChI=1S/C11H5BrF2N2O4/c12-4-1-5(13)9(6(14)2-4)15-10(17)7-3-8(11(18)19)20-16-7/h1-3H,(H,15,17)(H,18,19). The first-order valence-corrected chi connectivity index (χ1v) is 5.83. The predicted octanol–water partition coefficient (Wildman–Crippen LogP) is 2.67. The molecule has 2 rings (SSSR count). The molecule has 0 saturated heterocycles. The lowest BCUT2D eigenvalue weighted by atomic mass is 10.2. The van der Waals surface area contributed by atoms with Gasteiger partial charge in [0.15, 0.2) is 17.3 Å². The van der Waals surface area contributed by atoms with Crippen LogP contribution in [0.4, 0.5) is 14.5 Å². The number of carbonyl (C=O) groups is 2. The number of carboxylic acid groups (broad SMARTS) is 1. The van der Waals surface area contributed by atoms with Gasteiger partial charge in [-0.25, -0.2) is 13.6 Å². The fourth-order valence-electron chi connectivity index (χ4n) is 1.32. The number of halogens is 3. The largest absolute Gasteiger partial charge is 0.475 e. The molecular formula is C11H5BrF2N2O4. The molecule has 104 valence electrons. The molecule has 9 heteroatoms. The van der Waals surface area contributed by atoms with Crippen LogP contribution in [0.15, 0.2) is 27.2 Å². The number of carboxylic acids is 1. The molecule has 0 bridgehead atoms. The van der Waals surface area contributed by atoms with E-state index in [0.717, 1.165) is 18.2 Å². The molecule has 1 aromatic carbocycles. The number of anilines is 1. The maximum atomic E-state index is 13.5. The van der Waals surface area contributed by atoms with Crippen LogP contribution in [0, 0.1) is 11.6 Å². The lowest BCUT2D eigenvalue weighted by molar-refractivity contribution is 0.0651. The minimum Gasteiger partial charge on any atom is -0.475 e. The number of nitrogens with zero attached hydrogens (tertiary/aromatic N) is 1. The second-order valence-electron chi connectivity index (χ2n) is 3.58. The summed E-state index contributed by atoms with van der Waals surface area (Å²) in [6.45, 7) is 0. The van der Waals surface area contributed by atoms with Crippen molar-refractivity contribution in [2.45, 2.75) is 0 Å². The fourth-order valence-corrected chi connectivity index (χ4v) is 1.72. The molecule has 20 heavy (non-hydrogen) atoms. The highest BCUT2D eigenvalue weighted by Crippen LogP contribution is 2.24. The van der Waals surface area contributed by atoms with Gasteiger partial charge in [0.05, 0.1) is 0 Å². The van der Waals surface area contributed by atoms with Gasteiger partial charge in [-0.2, -0.15) is 0 Å². The molecule has 0 spiro atoms. The maximum Gasteiger partial charge on any atom is 0.374 e. The zero-order valence-corrected chi connectivity index (χ0v) is 11.1. The Morgan fingerprint density at radius 3 is 2.35 bits per heavy atom. The third-order valence-electron chi connectivity index (χ3n) is 2.20. The third-order valence-corrected chi connectivity index (χ3v) is 2.66. The first-order chi connectivity index (χ1) is 9.38. The zero-order chi connectivity index (χ0) is 14.9. The van der Waals surface area contributed by atoms with E-state index in [1.54, 1.807) is 0 Å². The quantitative estimate of drug-likeness (QED) is 0.891. The summed E-state index contributed by atoms with van der Waals surface area (Å²) in [4.78, 5) is 22.2. The van der Waals surface area contributed by atoms with E-state index in [0.29, 0.717) is 0 Å². The molecule has 0 fully saturated rings. The van der Waals surface area contributed by atoms with Gasteiger partial charge < -0.3 is 14.9 Å². The molecule has 1 aromatic heterocycles. The summed E-state index contributed by atoms with van der Waals surface area (Å²) in [7, 11) is 0. The Balaban J connectivity index is 2.25. The van der Waals surface area contributed by atoms with Gasteiger partial charge in [0, 0.05) is 10.5 Å². The Morgan fingerprint density at radius 1 is 1.25 bits per heavy atom. The predicted molar refractivity (Wildman–Crippen MR) is 65.5 cm³/mol. The minimum absolute atomic E-state index is 0.167. The zero-order valence-electron chi connectivity index (χ0n) is 9.49. The summed E-state index contributed by atoms with van der Waals surface area (Å²) in [5.74, 6) is -4.97. The maximum absolute atomic E-state index is 13.5. The molecule has 0 aliphatic carbocycles. The normalized spacial score (nSPS) is 10.3. The van der Waals surface area contributed by atoms with Crippen molar-refractivity contribution in [3.63, 3.8) is 0 Å². The number of aromatic carboxylic acids is 1. The first kappa shape index (κ1) is 14.1. The molecule has 0 saturated carbocycles. The second-order valence-corrected chi connectivity index (χ2v) is 4.50. The average Bonchev–Trinajstić information content (AvgIpc) is 2.83. The lowest BCUT2D eigenvalue weighted by Gasteiger charge is -2.06. The summed E-state index contributed by atoms with van der Waals surface area (Å²) in [6.07, 6.45) is 0. The molecule has 2 aromatic rings. The highest BCUT2D eigenvalue weighted by Gasteiger charge is 2.19. The summed E-state index contributed by atoms with van der Waals surface area (Å²) in [5.41, 5.74) is -1.08. The van der Waals surface area contributed by atoms with E-state index in [1.807, 2.05) is 5.32 Å². The van der Waals surface area contributed by atoms with Crippen LogP contribution < -0.4 is 5.32 Å². The van der Waals surface area contributed by atoms with Crippen LogP contribution >= 0.6 is 15.9 Å². The highest BCUT2D eigenvalue weighted by molar-refractivity contribution is 9.10. The van der Waals surface area contributed by atoms with Gasteiger partial charge in [0.2, 0.25) is 5.76 Å². The fraction of sp³-hybridized carbons (Fsp3) is 0. The van der Waals surface area contributed by atoms with Crippen molar-refractivity contribution >= 4 is 33.5 Å². The van der Waals surface area contributed by atoms with Gasteiger partial charge in [-0.1, -0.05) is 21.1 Å². The lowest BCUT2D eigenvalue weighted by Crippen LogP contribution is -2.14. The van der Waals surface area contributed by atoms with E-state index >= 15 is 0 Å². The Hall–Kier alpha value is -2.29. The number of benzene rings is 1. The van der Waals surface area contributed by atoms with Crippen LogP contribution in [0.2, 0.25) is 0 Å². The minimum atomic E-state index is -1.42. The Morgan fingerprint density at radius 2 is 1.85 bits per heavy atom. The SMILES string of the molecule is O=C(Nc1c(F)cc(Br)cc1F)c1cc(C(=O)O)on1. The smallest absolute Gasteiger partial charge is 0.374 e. The highest BCUT2D eigenvalue weighted by atomic mass is 79.9. The Bertz CT molecular complexity index is 678. The second kappa shape index (κ2) is 5.37. The number of carbonyl (C=O) groups excluding carboxylic acids is 1. The van der Waals surface area contributed by atoms with Gasteiger partial charge in [0.1, 0.15) is 5.69 Å². The number of aromatic nitrogens is 1. The van der Waals surface area contributed by atoms with Crippen LogP contribution in [-0.4, -0.2) is 22.1 Å². The molecule has 0 unspecified atom stereocenters. The van der Waals surface area contributed by atoms with Gasteiger partial charge in [-0.05, 0) is 12.1 Å². The first-order valence-electron chi connectivity index (χ1n) is 5.04. The summed E-state index contributed by atoms with van der Waals surface area (Å²) < 4.78 is 31.5. The molecule has 1 heterocycles. The van der Waals surface area contributed by atoms with Crippen molar-refractivity contribution in [2.75, 3.05) is 5.32 Å². The number of rotatable bonds is 3. The summed E-state index contributed by atoms with van der Waals surface area (Å²) >= 11 is 2.89. The van der Waals surface area contributed by atoms with Gasteiger partial charge >= 0.3 is 5.97 Å². The van der Waals surface area contributed by atoms with Crippen molar-refractivity contribution in [3.8, 4) is 0 Å². The van der Waals surface area contributed by atoms with E-state index < -0.39 is 40.7 Å². The van der Waals surface area contributed by atoms with Crippen LogP contribution in [0.25, 0.3) is 0 Å². The van der Waals surface area contributed by atoms with Gasteiger partial charge in [-0.3, -0.25) is 4.79 Å². The van der Waals surface area contributed by atoms with Crippen molar-refractivity contribution < 1.29 is 28.0 Å². The van der Waals surface area contributed by atoms with Crippen molar-refractivity contribution in [1.29, 1.82) is 0 Å². The van der Waals surface area contributed by atoms with E-state index in [2.05, 4.69) is 25.6 Å². The topological polar surface area (TPSA) is 92.4 Å². The van der Waals surface area contributed by atoms with Crippen LogP contribution in [0.5, 0.6) is 0 Å².